The Morgan fingerprint density at radius 3 is 2.33 bits per heavy atom. The number of aromatic nitrogens is 2. The molecule has 0 spiro atoms. The number of nitrogens with zero attached hydrogens (tertiary/aromatic N) is 2. The molecule has 3 heteroatoms. The molecule has 15 heavy (non-hydrogen) atoms. The van der Waals surface area contributed by atoms with E-state index in [0.29, 0.717) is 0 Å². The Morgan fingerprint density at radius 1 is 1.20 bits per heavy atom. The molecule has 0 unspecified atom stereocenters. The van der Waals surface area contributed by atoms with Crippen LogP contribution in [0.3, 0.4) is 0 Å². The molecular weight excluding hydrogens is 186 g/mol. The van der Waals surface area contributed by atoms with Crippen LogP contribution in [0.2, 0.25) is 0 Å². The molecule has 1 atom stereocenters. The molecule has 0 amide bonds. The average molecular weight is 201 g/mol. The Bertz CT molecular complexity index is 440. The molecule has 2 aromatic rings. The van der Waals surface area contributed by atoms with E-state index >= 15 is 0 Å². The lowest BCUT2D eigenvalue weighted by atomic mass is 10.1. The van der Waals surface area contributed by atoms with Gasteiger partial charge < -0.3 is 5.73 Å². The monoisotopic (exact) mass is 201 g/mol. The molecule has 0 fully saturated rings. The zero-order valence-electron chi connectivity index (χ0n) is 9.01. The molecule has 0 aliphatic carbocycles. The van der Waals surface area contributed by atoms with Gasteiger partial charge in [0.05, 0.1) is 11.4 Å². The maximum atomic E-state index is 5.78. The highest BCUT2D eigenvalue weighted by Gasteiger charge is 2.01. The fourth-order valence-electron chi connectivity index (χ4n) is 1.49. The van der Waals surface area contributed by atoms with E-state index in [-0.39, 0.29) is 6.04 Å². The molecule has 0 aliphatic heterocycles. The standard InChI is InChI=1S/C12H15N3/c1-9-7-8-15(14-9)12-5-3-11(4-6-12)10(2)13/h3-8,10H,13H2,1-2H3/t10-/m1/s1. The normalized spacial score (nSPS) is 12.7. The van der Waals surface area contributed by atoms with Gasteiger partial charge in [-0.3, -0.25) is 0 Å². The number of aryl methyl sites for hydroxylation is 1. The molecule has 0 saturated carbocycles. The van der Waals surface area contributed by atoms with Crippen LogP contribution in [0, 0.1) is 6.92 Å². The minimum atomic E-state index is 0.0819. The lowest BCUT2D eigenvalue weighted by molar-refractivity contribution is 0.813. The summed E-state index contributed by atoms with van der Waals surface area (Å²) in [5.74, 6) is 0. The molecule has 0 radical (unpaired) electrons. The number of rotatable bonds is 2. The van der Waals surface area contributed by atoms with Gasteiger partial charge in [0.25, 0.3) is 0 Å². The number of hydrogen-bond acceptors (Lipinski definition) is 2. The van der Waals surface area contributed by atoms with Crippen molar-refractivity contribution in [2.24, 2.45) is 5.73 Å². The summed E-state index contributed by atoms with van der Waals surface area (Å²) in [6.45, 7) is 3.96. The molecule has 1 aromatic heterocycles. The molecule has 0 saturated heterocycles. The highest BCUT2D eigenvalue weighted by molar-refractivity contribution is 5.35. The predicted octanol–water partition coefficient (Wildman–Crippen LogP) is 2.20. The lowest BCUT2D eigenvalue weighted by Crippen LogP contribution is -2.05. The van der Waals surface area contributed by atoms with Gasteiger partial charge in [0.2, 0.25) is 0 Å². The van der Waals surface area contributed by atoms with Gasteiger partial charge in [-0.2, -0.15) is 5.10 Å². The molecule has 0 bridgehead atoms. The third kappa shape index (κ3) is 2.07. The van der Waals surface area contributed by atoms with Gasteiger partial charge in [-0.25, -0.2) is 4.68 Å². The Labute approximate surface area is 89.5 Å². The minimum Gasteiger partial charge on any atom is -0.324 e. The van der Waals surface area contributed by atoms with E-state index in [1.807, 2.05) is 55.1 Å². The van der Waals surface area contributed by atoms with Crippen molar-refractivity contribution in [3.05, 3.63) is 47.8 Å². The average Bonchev–Trinajstić information content (AvgIpc) is 2.65. The zero-order valence-corrected chi connectivity index (χ0v) is 9.01. The second kappa shape index (κ2) is 3.87. The van der Waals surface area contributed by atoms with E-state index < -0.39 is 0 Å². The summed E-state index contributed by atoms with van der Waals surface area (Å²) < 4.78 is 1.86. The van der Waals surface area contributed by atoms with E-state index in [0.717, 1.165) is 16.9 Å². The largest absolute Gasteiger partial charge is 0.324 e. The SMILES string of the molecule is Cc1ccn(-c2ccc([C@@H](C)N)cc2)n1. The first kappa shape index (κ1) is 9.93. The van der Waals surface area contributed by atoms with E-state index in [2.05, 4.69) is 5.10 Å². The summed E-state index contributed by atoms with van der Waals surface area (Å²) in [6, 6.07) is 10.2. The third-order valence-electron chi connectivity index (χ3n) is 2.41. The van der Waals surface area contributed by atoms with Crippen LogP contribution >= 0.6 is 0 Å². The summed E-state index contributed by atoms with van der Waals surface area (Å²) in [5, 5.41) is 4.34. The van der Waals surface area contributed by atoms with Crippen LogP contribution in [0.15, 0.2) is 36.5 Å². The van der Waals surface area contributed by atoms with Crippen molar-refractivity contribution in [2.75, 3.05) is 0 Å². The molecular formula is C12H15N3. The van der Waals surface area contributed by atoms with Crippen LogP contribution in [0.1, 0.15) is 24.2 Å². The molecule has 1 heterocycles. The summed E-state index contributed by atoms with van der Waals surface area (Å²) in [7, 11) is 0. The Morgan fingerprint density at radius 2 is 1.87 bits per heavy atom. The maximum absolute atomic E-state index is 5.78. The second-order valence-electron chi connectivity index (χ2n) is 3.78. The van der Waals surface area contributed by atoms with Crippen LogP contribution in [0.4, 0.5) is 0 Å². The van der Waals surface area contributed by atoms with Crippen molar-refractivity contribution in [1.29, 1.82) is 0 Å². The van der Waals surface area contributed by atoms with Crippen LogP contribution in [0.25, 0.3) is 5.69 Å². The van der Waals surface area contributed by atoms with Crippen molar-refractivity contribution in [2.45, 2.75) is 19.9 Å². The molecule has 2 N–H and O–H groups in total. The van der Waals surface area contributed by atoms with Gasteiger partial charge in [-0.05, 0) is 37.6 Å². The van der Waals surface area contributed by atoms with Gasteiger partial charge in [0, 0.05) is 12.2 Å². The van der Waals surface area contributed by atoms with Gasteiger partial charge in [0.15, 0.2) is 0 Å². The number of nitrogens with two attached hydrogens (primary N) is 1. The second-order valence-corrected chi connectivity index (χ2v) is 3.78. The van der Waals surface area contributed by atoms with Crippen LogP contribution < -0.4 is 5.73 Å². The highest BCUT2D eigenvalue weighted by atomic mass is 15.3. The van der Waals surface area contributed by atoms with Gasteiger partial charge >= 0.3 is 0 Å². The summed E-state index contributed by atoms with van der Waals surface area (Å²) in [4.78, 5) is 0. The summed E-state index contributed by atoms with van der Waals surface area (Å²) in [6.07, 6.45) is 1.95. The van der Waals surface area contributed by atoms with E-state index in [9.17, 15) is 0 Å². The van der Waals surface area contributed by atoms with Crippen molar-refractivity contribution in [1.82, 2.24) is 9.78 Å². The third-order valence-corrected chi connectivity index (χ3v) is 2.41. The predicted molar refractivity (Wildman–Crippen MR) is 60.9 cm³/mol. The topological polar surface area (TPSA) is 43.8 Å². The van der Waals surface area contributed by atoms with Gasteiger partial charge in [-0.1, -0.05) is 12.1 Å². The van der Waals surface area contributed by atoms with Crippen molar-refractivity contribution in [3.63, 3.8) is 0 Å². The number of hydrogen-bond donors (Lipinski definition) is 1. The molecule has 0 aliphatic rings. The molecule has 78 valence electrons. The minimum absolute atomic E-state index is 0.0819. The lowest BCUT2D eigenvalue weighted by Gasteiger charge is -2.06. The summed E-state index contributed by atoms with van der Waals surface area (Å²) in [5.41, 5.74) is 9.01. The van der Waals surface area contributed by atoms with Crippen LogP contribution in [-0.4, -0.2) is 9.78 Å². The van der Waals surface area contributed by atoms with E-state index in [4.69, 9.17) is 5.73 Å². The fourth-order valence-corrected chi connectivity index (χ4v) is 1.49. The highest BCUT2D eigenvalue weighted by Crippen LogP contribution is 2.13. The maximum Gasteiger partial charge on any atom is 0.0645 e. The first-order valence-electron chi connectivity index (χ1n) is 5.05. The Hall–Kier alpha value is -1.61. The van der Waals surface area contributed by atoms with Gasteiger partial charge in [0.1, 0.15) is 0 Å². The zero-order chi connectivity index (χ0) is 10.8. The van der Waals surface area contributed by atoms with Gasteiger partial charge in [-0.15, -0.1) is 0 Å². The fraction of sp³-hybridized carbons (Fsp3) is 0.250. The number of benzene rings is 1. The molecule has 3 nitrogen and oxygen atoms in total. The van der Waals surface area contributed by atoms with E-state index in [1.165, 1.54) is 0 Å². The van der Waals surface area contributed by atoms with Crippen molar-refractivity contribution >= 4 is 0 Å². The first-order valence-corrected chi connectivity index (χ1v) is 5.05. The first-order chi connectivity index (χ1) is 7.16. The van der Waals surface area contributed by atoms with Crippen LogP contribution in [-0.2, 0) is 0 Å². The molecule has 1 aromatic carbocycles. The van der Waals surface area contributed by atoms with Crippen molar-refractivity contribution in [3.8, 4) is 5.69 Å². The summed E-state index contributed by atoms with van der Waals surface area (Å²) >= 11 is 0. The Balaban J connectivity index is 2.31. The smallest absolute Gasteiger partial charge is 0.0645 e. The Kier molecular flexibility index (Phi) is 2.56. The molecule has 2 rings (SSSR count). The van der Waals surface area contributed by atoms with Crippen LogP contribution in [0.5, 0.6) is 0 Å². The quantitative estimate of drug-likeness (QED) is 0.809. The van der Waals surface area contributed by atoms with E-state index in [1.54, 1.807) is 0 Å². The van der Waals surface area contributed by atoms with Crippen molar-refractivity contribution < 1.29 is 0 Å².